The molecule has 0 spiro atoms. The largest absolute Gasteiger partial charge is 0.396 e. The van der Waals surface area contributed by atoms with Crippen molar-refractivity contribution in [2.24, 2.45) is 5.92 Å². The fraction of sp³-hybridized carbons (Fsp3) is 1.00. The molecule has 0 aromatic heterocycles. The van der Waals surface area contributed by atoms with Gasteiger partial charge in [0, 0.05) is 5.92 Å². The molecule has 3 heteroatoms. The average molecular weight is 160 g/mol. The van der Waals surface area contributed by atoms with Crippen LogP contribution in [0.5, 0.6) is 0 Å². The molecule has 0 radical (unpaired) electrons. The van der Waals surface area contributed by atoms with Gasteiger partial charge >= 0.3 is 0 Å². The lowest BCUT2D eigenvalue weighted by molar-refractivity contribution is -0.207. The second-order valence-electron chi connectivity index (χ2n) is 2.93. The molecule has 0 unspecified atom stereocenters. The van der Waals surface area contributed by atoms with E-state index in [1.807, 2.05) is 0 Å². The van der Waals surface area contributed by atoms with Crippen molar-refractivity contribution in [2.45, 2.75) is 26.1 Å². The van der Waals surface area contributed by atoms with Crippen molar-refractivity contribution >= 4 is 0 Å². The molecule has 66 valence electrons. The highest BCUT2D eigenvalue weighted by atomic mass is 16.7. The Hall–Kier alpha value is -0.120. The minimum absolute atomic E-state index is 0.0252. The minimum atomic E-state index is -0.0252. The predicted octanol–water partition coefficient (Wildman–Crippen LogP) is 0.768. The molecule has 0 saturated carbocycles. The van der Waals surface area contributed by atoms with Gasteiger partial charge in [0.25, 0.3) is 0 Å². The Bertz CT molecular complexity index is 97.5. The number of hydrogen-bond donors (Lipinski definition) is 1. The Balaban J connectivity index is 2.14. The van der Waals surface area contributed by atoms with E-state index in [1.165, 1.54) is 0 Å². The van der Waals surface area contributed by atoms with Gasteiger partial charge < -0.3 is 14.6 Å². The standard InChI is InChI=1S/C8H16O3/c1-2-3-8-10-5-7(4-9)6-11-8/h7-9H,2-6H2,1H3. The summed E-state index contributed by atoms with van der Waals surface area (Å²) in [6.45, 7) is 3.55. The van der Waals surface area contributed by atoms with Gasteiger partial charge in [0.2, 0.25) is 0 Å². The van der Waals surface area contributed by atoms with Crippen LogP contribution in [-0.4, -0.2) is 31.2 Å². The molecular formula is C8H16O3. The molecule has 1 aliphatic heterocycles. The first-order valence-electron chi connectivity index (χ1n) is 4.21. The third kappa shape index (κ3) is 2.77. The van der Waals surface area contributed by atoms with Crippen LogP contribution in [0.25, 0.3) is 0 Å². The molecule has 0 amide bonds. The third-order valence-corrected chi connectivity index (χ3v) is 1.82. The highest BCUT2D eigenvalue weighted by molar-refractivity contribution is 4.61. The van der Waals surface area contributed by atoms with E-state index in [9.17, 15) is 0 Å². The second-order valence-corrected chi connectivity index (χ2v) is 2.93. The Morgan fingerprint density at radius 2 is 2.00 bits per heavy atom. The number of hydrogen-bond acceptors (Lipinski definition) is 3. The summed E-state index contributed by atoms with van der Waals surface area (Å²) >= 11 is 0. The fourth-order valence-electron chi connectivity index (χ4n) is 1.09. The first-order chi connectivity index (χ1) is 5.36. The van der Waals surface area contributed by atoms with E-state index in [-0.39, 0.29) is 18.8 Å². The Morgan fingerprint density at radius 1 is 1.36 bits per heavy atom. The predicted molar refractivity (Wildman–Crippen MR) is 41.2 cm³/mol. The average Bonchev–Trinajstić information content (AvgIpc) is 2.07. The Morgan fingerprint density at radius 3 is 2.45 bits per heavy atom. The molecule has 0 aliphatic carbocycles. The molecule has 1 saturated heterocycles. The zero-order valence-electron chi connectivity index (χ0n) is 6.95. The van der Waals surface area contributed by atoms with Crippen molar-refractivity contribution in [3.8, 4) is 0 Å². The van der Waals surface area contributed by atoms with Crippen LogP contribution in [0.3, 0.4) is 0 Å². The number of aliphatic hydroxyl groups excluding tert-OH is 1. The summed E-state index contributed by atoms with van der Waals surface area (Å²) in [4.78, 5) is 0. The maximum atomic E-state index is 8.75. The van der Waals surface area contributed by atoms with E-state index in [4.69, 9.17) is 14.6 Å². The van der Waals surface area contributed by atoms with E-state index in [1.54, 1.807) is 0 Å². The van der Waals surface area contributed by atoms with E-state index < -0.39 is 0 Å². The summed E-state index contributed by atoms with van der Waals surface area (Å²) in [5.74, 6) is 0.183. The quantitative estimate of drug-likeness (QED) is 0.662. The zero-order valence-corrected chi connectivity index (χ0v) is 6.95. The van der Waals surface area contributed by atoms with Gasteiger partial charge in [-0.1, -0.05) is 13.3 Å². The SMILES string of the molecule is CCCC1OCC(CO)CO1. The van der Waals surface area contributed by atoms with E-state index in [0.29, 0.717) is 13.2 Å². The van der Waals surface area contributed by atoms with Crippen molar-refractivity contribution in [3.63, 3.8) is 0 Å². The maximum Gasteiger partial charge on any atom is 0.157 e. The lowest BCUT2D eigenvalue weighted by Gasteiger charge is -2.27. The van der Waals surface area contributed by atoms with Gasteiger partial charge in [0.1, 0.15) is 0 Å². The molecule has 1 fully saturated rings. The molecule has 0 atom stereocenters. The van der Waals surface area contributed by atoms with Crippen LogP contribution in [0.2, 0.25) is 0 Å². The molecule has 1 heterocycles. The highest BCUT2D eigenvalue weighted by Gasteiger charge is 2.20. The van der Waals surface area contributed by atoms with E-state index in [0.717, 1.165) is 12.8 Å². The summed E-state index contributed by atoms with van der Waals surface area (Å²) in [6.07, 6.45) is 2.01. The van der Waals surface area contributed by atoms with Crippen LogP contribution in [0.15, 0.2) is 0 Å². The molecule has 0 bridgehead atoms. The Kier molecular flexibility index (Phi) is 3.83. The van der Waals surface area contributed by atoms with Gasteiger partial charge in [-0.3, -0.25) is 0 Å². The van der Waals surface area contributed by atoms with Crippen LogP contribution in [-0.2, 0) is 9.47 Å². The fourth-order valence-corrected chi connectivity index (χ4v) is 1.09. The smallest absolute Gasteiger partial charge is 0.157 e. The van der Waals surface area contributed by atoms with Crippen LogP contribution in [0, 0.1) is 5.92 Å². The second kappa shape index (κ2) is 4.70. The highest BCUT2D eigenvalue weighted by Crippen LogP contribution is 2.13. The lowest BCUT2D eigenvalue weighted by Crippen LogP contribution is -2.33. The van der Waals surface area contributed by atoms with Crippen molar-refractivity contribution in [1.82, 2.24) is 0 Å². The van der Waals surface area contributed by atoms with Crippen LogP contribution < -0.4 is 0 Å². The normalized spacial score (nSPS) is 32.2. The Labute approximate surface area is 67.3 Å². The van der Waals surface area contributed by atoms with Crippen molar-refractivity contribution in [2.75, 3.05) is 19.8 Å². The monoisotopic (exact) mass is 160 g/mol. The number of ether oxygens (including phenoxy) is 2. The summed E-state index contributed by atoms with van der Waals surface area (Å²) in [5.41, 5.74) is 0. The van der Waals surface area contributed by atoms with Crippen molar-refractivity contribution in [3.05, 3.63) is 0 Å². The van der Waals surface area contributed by atoms with Gasteiger partial charge in [-0.2, -0.15) is 0 Å². The summed E-state index contributed by atoms with van der Waals surface area (Å²) in [7, 11) is 0. The van der Waals surface area contributed by atoms with Gasteiger partial charge in [0.05, 0.1) is 19.8 Å². The first-order valence-corrected chi connectivity index (χ1v) is 4.21. The molecule has 0 aromatic rings. The van der Waals surface area contributed by atoms with Gasteiger partial charge in [0.15, 0.2) is 6.29 Å². The van der Waals surface area contributed by atoms with Gasteiger partial charge in [-0.15, -0.1) is 0 Å². The maximum absolute atomic E-state index is 8.75. The van der Waals surface area contributed by atoms with Crippen LogP contribution in [0.4, 0.5) is 0 Å². The first kappa shape index (κ1) is 8.97. The summed E-state index contributed by atoms with van der Waals surface area (Å²) in [5, 5.41) is 8.75. The molecule has 1 N–H and O–H groups in total. The molecular weight excluding hydrogens is 144 g/mol. The molecule has 3 nitrogen and oxygen atoms in total. The molecule has 11 heavy (non-hydrogen) atoms. The van der Waals surface area contributed by atoms with E-state index in [2.05, 4.69) is 6.92 Å². The topological polar surface area (TPSA) is 38.7 Å². The van der Waals surface area contributed by atoms with Crippen molar-refractivity contribution in [1.29, 1.82) is 0 Å². The molecule has 1 rings (SSSR count). The van der Waals surface area contributed by atoms with Gasteiger partial charge in [-0.25, -0.2) is 0 Å². The number of rotatable bonds is 3. The van der Waals surface area contributed by atoms with Crippen molar-refractivity contribution < 1.29 is 14.6 Å². The number of aliphatic hydroxyl groups is 1. The zero-order chi connectivity index (χ0) is 8.10. The summed E-state index contributed by atoms with van der Waals surface area (Å²) < 4.78 is 10.7. The third-order valence-electron chi connectivity index (χ3n) is 1.82. The minimum Gasteiger partial charge on any atom is -0.396 e. The van der Waals surface area contributed by atoms with Gasteiger partial charge in [-0.05, 0) is 6.42 Å². The molecule has 1 aliphatic rings. The molecule has 0 aromatic carbocycles. The summed E-state index contributed by atoms with van der Waals surface area (Å²) in [6, 6.07) is 0. The van der Waals surface area contributed by atoms with E-state index >= 15 is 0 Å². The van der Waals surface area contributed by atoms with Crippen LogP contribution >= 0.6 is 0 Å². The lowest BCUT2D eigenvalue weighted by atomic mass is 10.2. The van der Waals surface area contributed by atoms with Crippen LogP contribution in [0.1, 0.15) is 19.8 Å².